The maximum atomic E-state index is 12.5. The van der Waals surface area contributed by atoms with Crippen LogP contribution in [0.5, 0.6) is 5.88 Å². The maximum absolute atomic E-state index is 12.5. The van der Waals surface area contributed by atoms with Crippen molar-refractivity contribution in [1.29, 1.82) is 0 Å². The Bertz CT molecular complexity index is 518. The predicted octanol–water partition coefficient (Wildman–Crippen LogP) is 2.54. The molecule has 0 aromatic carbocycles. The Morgan fingerprint density at radius 1 is 1.08 bits per heavy atom. The fourth-order valence-corrected chi connectivity index (χ4v) is 3.70. The van der Waals surface area contributed by atoms with Crippen LogP contribution in [0.3, 0.4) is 0 Å². The largest absolute Gasteiger partial charge is 0.480 e. The summed E-state index contributed by atoms with van der Waals surface area (Å²) in [5.74, 6) is 1.77. The average Bonchev–Trinajstić information content (AvgIpc) is 2.90. The molecule has 0 spiro atoms. The maximum Gasteiger partial charge on any atom is 0.233 e. The highest BCUT2D eigenvalue weighted by atomic mass is 16.5. The first-order chi connectivity index (χ1) is 11.8. The monoisotopic (exact) mass is 332 g/mol. The third kappa shape index (κ3) is 4.36. The number of nitrogens with zero attached hydrogens (tertiary/aromatic N) is 3. The number of anilines is 1. The van der Waals surface area contributed by atoms with Gasteiger partial charge in [0, 0.05) is 31.1 Å². The van der Waals surface area contributed by atoms with Crippen LogP contribution in [-0.2, 0) is 4.79 Å². The van der Waals surface area contributed by atoms with E-state index in [1.165, 1.54) is 25.7 Å². The number of nitrogens with one attached hydrogen (secondary N) is 1. The van der Waals surface area contributed by atoms with E-state index in [0.29, 0.717) is 11.9 Å². The van der Waals surface area contributed by atoms with Crippen molar-refractivity contribution in [3.63, 3.8) is 0 Å². The highest BCUT2D eigenvalue weighted by Gasteiger charge is 2.27. The molecular formula is C18H28N4O2. The van der Waals surface area contributed by atoms with Crippen LogP contribution < -0.4 is 15.0 Å². The van der Waals surface area contributed by atoms with Gasteiger partial charge in [0.2, 0.25) is 11.8 Å². The number of hydrogen-bond donors (Lipinski definition) is 1. The second-order valence-electron chi connectivity index (χ2n) is 6.89. The molecule has 1 aromatic rings. The van der Waals surface area contributed by atoms with Crippen LogP contribution in [0.15, 0.2) is 12.1 Å². The summed E-state index contributed by atoms with van der Waals surface area (Å²) >= 11 is 0. The molecule has 1 saturated carbocycles. The molecule has 1 N–H and O–H groups in total. The fraction of sp³-hybridized carbons (Fsp3) is 0.722. The zero-order chi connectivity index (χ0) is 16.8. The van der Waals surface area contributed by atoms with Gasteiger partial charge in [-0.2, -0.15) is 0 Å². The number of methoxy groups -OCH3 is 1. The summed E-state index contributed by atoms with van der Waals surface area (Å²) in [5.41, 5.74) is 0. The van der Waals surface area contributed by atoms with Gasteiger partial charge in [-0.05, 0) is 31.7 Å². The van der Waals surface area contributed by atoms with Crippen LogP contribution in [0.2, 0.25) is 0 Å². The lowest BCUT2D eigenvalue weighted by molar-refractivity contribution is -0.126. The summed E-state index contributed by atoms with van der Waals surface area (Å²) in [6.45, 7) is 1.70. The zero-order valence-corrected chi connectivity index (χ0v) is 14.5. The van der Waals surface area contributed by atoms with Gasteiger partial charge in [0.25, 0.3) is 0 Å². The highest BCUT2D eigenvalue weighted by Crippen LogP contribution is 2.23. The summed E-state index contributed by atoms with van der Waals surface area (Å²) in [6.07, 6.45) is 9.18. The van der Waals surface area contributed by atoms with Gasteiger partial charge in [-0.15, -0.1) is 10.2 Å². The smallest absolute Gasteiger partial charge is 0.233 e. The lowest BCUT2D eigenvalue weighted by atomic mass is 9.95. The molecule has 1 aromatic heterocycles. The first kappa shape index (κ1) is 17.0. The van der Waals surface area contributed by atoms with Crippen molar-refractivity contribution in [2.45, 2.75) is 57.4 Å². The van der Waals surface area contributed by atoms with Crippen molar-refractivity contribution >= 4 is 11.7 Å². The molecule has 3 rings (SSSR count). The minimum absolute atomic E-state index is 0.135. The van der Waals surface area contributed by atoms with Gasteiger partial charge in [0.1, 0.15) is 0 Å². The van der Waals surface area contributed by atoms with Crippen molar-refractivity contribution in [1.82, 2.24) is 15.5 Å². The van der Waals surface area contributed by atoms with Gasteiger partial charge >= 0.3 is 0 Å². The molecule has 6 nitrogen and oxygen atoms in total. The molecule has 0 unspecified atom stereocenters. The minimum atomic E-state index is 0.135. The SMILES string of the molecule is COc1ccc(N2CCC(C(=O)NC3CCCCCC3)CC2)nn1. The molecule has 6 heteroatoms. The molecule has 24 heavy (non-hydrogen) atoms. The topological polar surface area (TPSA) is 67.3 Å². The van der Waals surface area contributed by atoms with Gasteiger partial charge in [-0.1, -0.05) is 25.7 Å². The summed E-state index contributed by atoms with van der Waals surface area (Å²) < 4.78 is 5.04. The van der Waals surface area contributed by atoms with Crippen LogP contribution in [0.1, 0.15) is 51.4 Å². The van der Waals surface area contributed by atoms with Crippen LogP contribution in [-0.4, -0.2) is 42.3 Å². The van der Waals surface area contributed by atoms with Gasteiger partial charge < -0.3 is 15.0 Å². The van der Waals surface area contributed by atoms with E-state index in [9.17, 15) is 4.79 Å². The Morgan fingerprint density at radius 2 is 1.79 bits per heavy atom. The van der Waals surface area contributed by atoms with E-state index in [2.05, 4.69) is 20.4 Å². The minimum Gasteiger partial charge on any atom is -0.480 e. The molecule has 0 bridgehead atoms. The Labute approximate surface area is 144 Å². The number of piperidine rings is 1. The summed E-state index contributed by atoms with van der Waals surface area (Å²) in [4.78, 5) is 14.7. The molecule has 0 atom stereocenters. The van der Waals surface area contributed by atoms with Gasteiger partial charge in [0.05, 0.1) is 7.11 Å². The quantitative estimate of drug-likeness (QED) is 0.858. The zero-order valence-electron chi connectivity index (χ0n) is 14.5. The average molecular weight is 332 g/mol. The van der Waals surface area contributed by atoms with E-state index in [0.717, 1.165) is 44.6 Å². The van der Waals surface area contributed by atoms with Gasteiger partial charge in [-0.25, -0.2) is 0 Å². The van der Waals surface area contributed by atoms with E-state index in [1.807, 2.05) is 12.1 Å². The van der Waals surface area contributed by atoms with E-state index in [4.69, 9.17) is 4.74 Å². The van der Waals surface area contributed by atoms with Crippen molar-refractivity contribution in [2.75, 3.05) is 25.1 Å². The normalized spacial score (nSPS) is 20.5. The van der Waals surface area contributed by atoms with Crippen molar-refractivity contribution in [3.8, 4) is 5.88 Å². The van der Waals surface area contributed by atoms with Gasteiger partial charge in [-0.3, -0.25) is 4.79 Å². The number of rotatable bonds is 4. The number of hydrogen-bond acceptors (Lipinski definition) is 5. The third-order valence-electron chi connectivity index (χ3n) is 5.23. The standard InChI is InChI=1S/C18H28N4O2/c1-24-17-9-8-16(20-21-17)22-12-10-14(11-13-22)18(23)19-15-6-4-2-3-5-7-15/h8-9,14-15H,2-7,10-13H2,1H3,(H,19,23). The van der Waals surface area contributed by atoms with Crippen LogP contribution in [0, 0.1) is 5.92 Å². The molecule has 2 fully saturated rings. The number of ether oxygens (including phenoxy) is 1. The molecule has 1 amide bonds. The number of carbonyl (C=O) groups excluding carboxylic acids is 1. The molecule has 2 heterocycles. The predicted molar refractivity (Wildman–Crippen MR) is 93.2 cm³/mol. The first-order valence-electron chi connectivity index (χ1n) is 9.19. The number of amides is 1. The second kappa shape index (κ2) is 8.31. The van der Waals surface area contributed by atoms with Crippen molar-refractivity contribution < 1.29 is 9.53 Å². The van der Waals surface area contributed by atoms with E-state index in [1.54, 1.807) is 7.11 Å². The van der Waals surface area contributed by atoms with Gasteiger partial charge in [0.15, 0.2) is 5.82 Å². The Balaban J connectivity index is 1.47. The molecule has 1 saturated heterocycles. The van der Waals surface area contributed by atoms with Crippen molar-refractivity contribution in [3.05, 3.63) is 12.1 Å². The summed E-state index contributed by atoms with van der Waals surface area (Å²) in [5, 5.41) is 11.5. The van der Waals surface area contributed by atoms with E-state index < -0.39 is 0 Å². The second-order valence-corrected chi connectivity index (χ2v) is 6.89. The lowest BCUT2D eigenvalue weighted by Crippen LogP contribution is -2.44. The highest BCUT2D eigenvalue weighted by molar-refractivity contribution is 5.79. The molecule has 2 aliphatic rings. The molecule has 132 valence electrons. The summed E-state index contributed by atoms with van der Waals surface area (Å²) in [6, 6.07) is 4.15. The molecular weight excluding hydrogens is 304 g/mol. The van der Waals surface area contributed by atoms with Crippen molar-refractivity contribution in [2.24, 2.45) is 5.92 Å². The van der Waals surface area contributed by atoms with Crippen LogP contribution in [0.4, 0.5) is 5.82 Å². The Hall–Kier alpha value is -1.85. The third-order valence-corrected chi connectivity index (χ3v) is 5.23. The molecule has 1 aliphatic carbocycles. The molecule has 0 radical (unpaired) electrons. The van der Waals surface area contributed by atoms with E-state index in [-0.39, 0.29) is 11.8 Å². The van der Waals surface area contributed by atoms with Crippen LogP contribution in [0.25, 0.3) is 0 Å². The van der Waals surface area contributed by atoms with Crippen LogP contribution >= 0.6 is 0 Å². The molecule has 1 aliphatic heterocycles. The fourth-order valence-electron chi connectivity index (χ4n) is 3.70. The first-order valence-corrected chi connectivity index (χ1v) is 9.19. The Morgan fingerprint density at radius 3 is 2.38 bits per heavy atom. The number of carbonyl (C=O) groups is 1. The summed E-state index contributed by atoms with van der Waals surface area (Å²) in [7, 11) is 1.59. The Kier molecular flexibility index (Phi) is 5.88. The lowest BCUT2D eigenvalue weighted by Gasteiger charge is -2.32. The van der Waals surface area contributed by atoms with E-state index >= 15 is 0 Å². The number of aromatic nitrogens is 2.